The minimum absolute atomic E-state index is 0.863. The molecule has 1 rings (SSSR count). The molecule has 0 saturated heterocycles. The summed E-state index contributed by atoms with van der Waals surface area (Å²) < 4.78 is 0. The molecule has 0 aliphatic heterocycles. The van der Waals surface area contributed by atoms with Crippen LogP contribution in [0.2, 0.25) is 0 Å². The second-order valence-corrected chi connectivity index (χ2v) is 6.02. The summed E-state index contributed by atoms with van der Waals surface area (Å²) in [6, 6.07) is 0. The van der Waals surface area contributed by atoms with E-state index in [0.717, 1.165) is 29.6 Å². The summed E-state index contributed by atoms with van der Waals surface area (Å²) in [4.78, 5) is 0. The molecule has 0 aromatic rings. The molecular weight excluding hydrogens is 194 g/mol. The minimum Gasteiger partial charge on any atom is -0.316 e. The molecular formula is C15H31N. The van der Waals surface area contributed by atoms with Crippen molar-refractivity contribution in [2.24, 2.45) is 29.6 Å². The zero-order valence-corrected chi connectivity index (χ0v) is 11.9. The summed E-state index contributed by atoms with van der Waals surface area (Å²) in [5.41, 5.74) is 0. The van der Waals surface area contributed by atoms with E-state index in [9.17, 15) is 0 Å². The summed E-state index contributed by atoms with van der Waals surface area (Å²) in [5.74, 6) is 4.72. The van der Waals surface area contributed by atoms with Gasteiger partial charge in [0, 0.05) is 0 Å². The van der Waals surface area contributed by atoms with Gasteiger partial charge in [0.1, 0.15) is 0 Å². The van der Waals surface area contributed by atoms with Gasteiger partial charge in [-0.3, -0.25) is 0 Å². The number of rotatable bonds is 7. The third-order valence-corrected chi connectivity index (χ3v) is 4.72. The van der Waals surface area contributed by atoms with Crippen LogP contribution in [0.1, 0.15) is 53.9 Å². The van der Waals surface area contributed by atoms with E-state index in [1.165, 1.54) is 32.4 Å². The van der Waals surface area contributed by atoms with Gasteiger partial charge in [-0.2, -0.15) is 0 Å². The highest BCUT2D eigenvalue weighted by atomic mass is 14.9. The van der Waals surface area contributed by atoms with E-state index in [0.29, 0.717) is 0 Å². The summed E-state index contributed by atoms with van der Waals surface area (Å²) >= 11 is 0. The minimum atomic E-state index is 0.863. The Morgan fingerprint density at radius 1 is 1.19 bits per heavy atom. The van der Waals surface area contributed by atoms with Crippen LogP contribution in [0.5, 0.6) is 0 Å². The number of nitrogens with one attached hydrogen (secondary N) is 1. The van der Waals surface area contributed by atoms with Crippen molar-refractivity contribution in [1.29, 1.82) is 0 Å². The Labute approximate surface area is 102 Å². The fourth-order valence-corrected chi connectivity index (χ4v) is 3.49. The summed E-state index contributed by atoms with van der Waals surface area (Å²) in [6.07, 6.45) is 4.06. The average Bonchev–Trinajstić information content (AvgIpc) is 2.25. The molecule has 1 heteroatoms. The Bertz CT molecular complexity index is 190. The molecule has 16 heavy (non-hydrogen) atoms. The lowest BCUT2D eigenvalue weighted by molar-refractivity contribution is -0.00123. The largest absolute Gasteiger partial charge is 0.316 e. The molecule has 1 aliphatic carbocycles. The van der Waals surface area contributed by atoms with Crippen LogP contribution in [0, 0.1) is 29.6 Å². The van der Waals surface area contributed by atoms with Crippen LogP contribution >= 0.6 is 0 Å². The average molecular weight is 225 g/mol. The van der Waals surface area contributed by atoms with Gasteiger partial charge in [0.15, 0.2) is 0 Å². The first kappa shape index (κ1) is 14.0. The highest BCUT2D eigenvalue weighted by Gasteiger charge is 2.42. The quantitative estimate of drug-likeness (QED) is 0.647. The zero-order valence-electron chi connectivity index (χ0n) is 11.9. The standard InChI is InChI=1S/C15H31N/c1-6-8-16-10-13(5)14-9-12(4)15(14)11(3)7-2/h11-16H,6-10H2,1-5H3. The van der Waals surface area contributed by atoms with E-state index >= 15 is 0 Å². The lowest BCUT2D eigenvalue weighted by Gasteiger charge is -2.49. The van der Waals surface area contributed by atoms with Crippen molar-refractivity contribution in [2.45, 2.75) is 53.9 Å². The third kappa shape index (κ3) is 3.23. The molecule has 5 unspecified atom stereocenters. The van der Waals surface area contributed by atoms with Crippen molar-refractivity contribution >= 4 is 0 Å². The second-order valence-electron chi connectivity index (χ2n) is 6.02. The normalized spacial score (nSPS) is 33.2. The van der Waals surface area contributed by atoms with Crippen LogP contribution in [0.3, 0.4) is 0 Å². The van der Waals surface area contributed by atoms with E-state index in [-0.39, 0.29) is 0 Å². The smallest absolute Gasteiger partial charge is 0.00204 e. The Morgan fingerprint density at radius 3 is 2.38 bits per heavy atom. The van der Waals surface area contributed by atoms with E-state index in [4.69, 9.17) is 0 Å². The van der Waals surface area contributed by atoms with Gasteiger partial charge in [-0.25, -0.2) is 0 Å². The fraction of sp³-hybridized carbons (Fsp3) is 1.00. The first-order valence-electron chi connectivity index (χ1n) is 7.32. The third-order valence-electron chi connectivity index (χ3n) is 4.72. The lowest BCUT2D eigenvalue weighted by atomic mass is 9.56. The van der Waals surface area contributed by atoms with Crippen LogP contribution in [-0.4, -0.2) is 13.1 Å². The van der Waals surface area contributed by atoms with Gasteiger partial charge in [-0.1, -0.05) is 41.0 Å². The maximum Gasteiger partial charge on any atom is -0.00204 e. The van der Waals surface area contributed by atoms with Crippen LogP contribution in [-0.2, 0) is 0 Å². The Hall–Kier alpha value is -0.0400. The molecule has 0 bridgehead atoms. The van der Waals surface area contributed by atoms with Gasteiger partial charge in [-0.05, 0) is 55.5 Å². The summed E-state index contributed by atoms with van der Waals surface area (Å²) in [7, 11) is 0. The van der Waals surface area contributed by atoms with Gasteiger partial charge in [0.05, 0.1) is 0 Å². The monoisotopic (exact) mass is 225 g/mol. The van der Waals surface area contributed by atoms with Crippen molar-refractivity contribution < 1.29 is 0 Å². The Balaban J connectivity index is 2.35. The van der Waals surface area contributed by atoms with Crippen LogP contribution in [0.4, 0.5) is 0 Å². The van der Waals surface area contributed by atoms with E-state index < -0.39 is 0 Å². The lowest BCUT2D eigenvalue weighted by Crippen LogP contribution is -2.45. The van der Waals surface area contributed by atoms with Crippen LogP contribution in [0.25, 0.3) is 0 Å². The van der Waals surface area contributed by atoms with Gasteiger partial charge in [0.2, 0.25) is 0 Å². The highest BCUT2D eigenvalue weighted by Crippen LogP contribution is 2.49. The number of hydrogen-bond donors (Lipinski definition) is 1. The van der Waals surface area contributed by atoms with Crippen LogP contribution < -0.4 is 5.32 Å². The van der Waals surface area contributed by atoms with E-state index in [2.05, 4.69) is 39.9 Å². The molecule has 0 aromatic carbocycles. The van der Waals surface area contributed by atoms with Crippen molar-refractivity contribution in [1.82, 2.24) is 5.32 Å². The fourth-order valence-electron chi connectivity index (χ4n) is 3.49. The van der Waals surface area contributed by atoms with E-state index in [1.54, 1.807) is 0 Å². The highest BCUT2D eigenvalue weighted by molar-refractivity contribution is 4.92. The molecule has 1 saturated carbocycles. The van der Waals surface area contributed by atoms with Gasteiger partial charge >= 0.3 is 0 Å². The van der Waals surface area contributed by atoms with Crippen molar-refractivity contribution in [2.75, 3.05) is 13.1 Å². The molecule has 96 valence electrons. The number of hydrogen-bond acceptors (Lipinski definition) is 1. The molecule has 0 amide bonds. The van der Waals surface area contributed by atoms with Crippen molar-refractivity contribution in [3.05, 3.63) is 0 Å². The second kappa shape index (κ2) is 6.64. The molecule has 1 nitrogen and oxygen atoms in total. The maximum absolute atomic E-state index is 3.58. The first-order chi connectivity index (χ1) is 7.61. The van der Waals surface area contributed by atoms with Crippen molar-refractivity contribution in [3.63, 3.8) is 0 Å². The Kier molecular flexibility index (Phi) is 5.82. The van der Waals surface area contributed by atoms with Crippen molar-refractivity contribution in [3.8, 4) is 0 Å². The first-order valence-corrected chi connectivity index (χ1v) is 7.32. The van der Waals surface area contributed by atoms with E-state index in [1.807, 2.05) is 0 Å². The van der Waals surface area contributed by atoms with Crippen LogP contribution in [0.15, 0.2) is 0 Å². The van der Waals surface area contributed by atoms with Gasteiger partial charge < -0.3 is 5.32 Å². The van der Waals surface area contributed by atoms with Gasteiger partial charge in [-0.15, -0.1) is 0 Å². The summed E-state index contributed by atoms with van der Waals surface area (Å²) in [6.45, 7) is 14.3. The molecule has 1 N–H and O–H groups in total. The zero-order chi connectivity index (χ0) is 12.1. The Morgan fingerprint density at radius 2 is 1.88 bits per heavy atom. The summed E-state index contributed by atoms with van der Waals surface area (Å²) in [5, 5.41) is 3.58. The SMILES string of the molecule is CCCNCC(C)C1CC(C)C1C(C)CC. The molecule has 5 atom stereocenters. The molecule has 0 spiro atoms. The molecule has 0 heterocycles. The predicted octanol–water partition coefficient (Wildman–Crippen LogP) is 3.94. The molecule has 1 fully saturated rings. The van der Waals surface area contributed by atoms with Gasteiger partial charge in [0.25, 0.3) is 0 Å². The molecule has 0 radical (unpaired) electrons. The molecule has 0 aromatic heterocycles. The molecule has 1 aliphatic rings. The predicted molar refractivity (Wildman–Crippen MR) is 72.5 cm³/mol. The maximum atomic E-state index is 3.58. The topological polar surface area (TPSA) is 12.0 Å².